The quantitative estimate of drug-likeness (QED) is 0.771. The monoisotopic (exact) mass is 274 g/mol. The number of carbonyl (C=O) groups is 1. The zero-order valence-electron chi connectivity index (χ0n) is 10.9. The molecular weight excluding hydrogens is 260 g/mol. The van der Waals surface area contributed by atoms with Gasteiger partial charge in [-0.1, -0.05) is 35.9 Å². The third-order valence-corrected chi connectivity index (χ3v) is 3.15. The third-order valence-electron chi connectivity index (χ3n) is 2.90. The van der Waals surface area contributed by atoms with Crippen molar-refractivity contribution in [3.05, 3.63) is 58.6 Å². The number of ether oxygens (including phenoxy) is 1. The number of halogens is 1. The molecule has 19 heavy (non-hydrogen) atoms. The van der Waals surface area contributed by atoms with Crippen LogP contribution in [-0.2, 0) is 4.74 Å². The van der Waals surface area contributed by atoms with Gasteiger partial charge in [0.15, 0.2) is 0 Å². The van der Waals surface area contributed by atoms with Crippen LogP contribution in [0, 0.1) is 6.92 Å². The summed E-state index contributed by atoms with van der Waals surface area (Å²) in [6, 6.07) is 13.3. The van der Waals surface area contributed by atoms with Crippen LogP contribution in [0.5, 0.6) is 0 Å². The second kappa shape index (κ2) is 5.89. The van der Waals surface area contributed by atoms with Crippen LogP contribution in [-0.4, -0.2) is 12.6 Å². The van der Waals surface area contributed by atoms with Gasteiger partial charge in [-0.15, -0.1) is 0 Å². The Morgan fingerprint density at radius 1 is 1.11 bits per heavy atom. The molecule has 0 aliphatic rings. The molecule has 0 radical (unpaired) electrons. The molecule has 3 heteroatoms. The summed E-state index contributed by atoms with van der Waals surface area (Å²) in [5, 5.41) is 0.712. The molecule has 0 unspecified atom stereocenters. The van der Waals surface area contributed by atoms with Gasteiger partial charge in [-0.25, -0.2) is 4.79 Å². The first-order chi connectivity index (χ1) is 9.11. The highest BCUT2D eigenvalue weighted by Crippen LogP contribution is 2.24. The molecule has 0 N–H and O–H groups in total. The largest absolute Gasteiger partial charge is 0.462 e. The summed E-state index contributed by atoms with van der Waals surface area (Å²) in [7, 11) is 0. The Morgan fingerprint density at radius 3 is 2.32 bits per heavy atom. The highest BCUT2D eigenvalue weighted by atomic mass is 35.5. The van der Waals surface area contributed by atoms with Crippen LogP contribution in [0.3, 0.4) is 0 Å². The first-order valence-electron chi connectivity index (χ1n) is 6.15. The fourth-order valence-electron chi connectivity index (χ4n) is 1.92. The Morgan fingerprint density at radius 2 is 1.74 bits per heavy atom. The van der Waals surface area contributed by atoms with E-state index in [-0.39, 0.29) is 5.97 Å². The lowest BCUT2D eigenvalue weighted by atomic mass is 10.00. The Labute approximate surface area is 118 Å². The summed E-state index contributed by atoms with van der Waals surface area (Å²) in [4.78, 5) is 11.7. The minimum absolute atomic E-state index is 0.275. The van der Waals surface area contributed by atoms with Crippen molar-refractivity contribution in [2.45, 2.75) is 13.8 Å². The molecule has 2 aromatic carbocycles. The Hall–Kier alpha value is -1.80. The second-order valence-corrected chi connectivity index (χ2v) is 4.69. The van der Waals surface area contributed by atoms with E-state index in [1.165, 1.54) is 0 Å². The number of carbonyl (C=O) groups excluding carboxylic acids is 1. The zero-order chi connectivity index (χ0) is 13.8. The van der Waals surface area contributed by atoms with Crippen molar-refractivity contribution in [3.8, 4) is 11.1 Å². The van der Waals surface area contributed by atoms with E-state index in [9.17, 15) is 4.79 Å². The van der Waals surface area contributed by atoms with Gasteiger partial charge in [-0.05, 0) is 48.7 Å². The van der Waals surface area contributed by atoms with Gasteiger partial charge in [0.2, 0.25) is 0 Å². The highest BCUT2D eigenvalue weighted by Gasteiger charge is 2.10. The van der Waals surface area contributed by atoms with E-state index < -0.39 is 0 Å². The second-order valence-electron chi connectivity index (χ2n) is 4.26. The minimum Gasteiger partial charge on any atom is -0.462 e. The van der Waals surface area contributed by atoms with Gasteiger partial charge in [-0.3, -0.25) is 0 Å². The molecule has 0 aromatic heterocycles. The highest BCUT2D eigenvalue weighted by molar-refractivity contribution is 6.30. The molecule has 0 aliphatic carbocycles. The molecule has 98 valence electrons. The fourth-order valence-corrected chi connectivity index (χ4v) is 2.05. The van der Waals surface area contributed by atoms with Crippen LogP contribution in [0.4, 0.5) is 0 Å². The molecule has 0 aliphatic heterocycles. The molecule has 0 saturated heterocycles. The number of esters is 1. The zero-order valence-corrected chi connectivity index (χ0v) is 11.7. The smallest absolute Gasteiger partial charge is 0.338 e. The van der Waals surface area contributed by atoms with Crippen LogP contribution >= 0.6 is 11.6 Å². The molecule has 2 aromatic rings. The summed E-state index contributed by atoms with van der Waals surface area (Å²) in [5.74, 6) is -0.275. The molecule has 0 fully saturated rings. The summed E-state index contributed by atoms with van der Waals surface area (Å²) in [6.07, 6.45) is 0. The van der Waals surface area contributed by atoms with Crippen LogP contribution in [0.2, 0.25) is 5.02 Å². The predicted molar refractivity (Wildman–Crippen MR) is 77.6 cm³/mol. The lowest BCUT2D eigenvalue weighted by Crippen LogP contribution is -2.06. The number of hydrogen-bond acceptors (Lipinski definition) is 2. The number of aryl methyl sites for hydroxylation is 1. The summed E-state index contributed by atoms with van der Waals surface area (Å²) in [5.41, 5.74) is 3.65. The van der Waals surface area contributed by atoms with E-state index in [4.69, 9.17) is 16.3 Å². The molecular formula is C16H15ClO2. The van der Waals surface area contributed by atoms with Crippen LogP contribution in [0.15, 0.2) is 42.5 Å². The van der Waals surface area contributed by atoms with Gasteiger partial charge < -0.3 is 4.74 Å². The molecule has 0 spiro atoms. The Kier molecular flexibility index (Phi) is 4.23. The maximum Gasteiger partial charge on any atom is 0.338 e. The van der Waals surface area contributed by atoms with Gasteiger partial charge in [-0.2, -0.15) is 0 Å². The van der Waals surface area contributed by atoms with Gasteiger partial charge in [0.05, 0.1) is 12.2 Å². The lowest BCUT2D eigenvalue weighted by Gasteiger charge is -2.08. The summed E-state index contributed by atoms with van der Waals surface area (Å²) < 4.78 is 5.01. The minimum atomic E-state index is -0.275. The fraction of sp³-hybridized carbons (Fsp3) is 0.188. The Bertz CT molecular complexity index is 588. The lowest BCUT2D eigenvalue weighted by molar-refractivity contribution is 0.0525. The molecule has 0 saturated carbocycles. The SMILES string of the molecule is CCOC(=O)c1ccc(-c2ccc(Cl)cc2)cc1C. The first-order valence-corrected chi connectivity index (χ1v) is 6.53. The van der Waals surface area contributed by atoms with Crippen LogP contribution < -0.4 is 0 Å². The maximum atomic E-state index is 11.7. The van der Waals surface area contributed by atoms with Crippen molar-refractivity contribution in [2.75, 3.05) is 6.61 Å². The number of rotatable bonds is 3. The van der Waals surface area contributed by atoms with Crippen molar-refractivity contribution < 1.29 is 9.53 Å². The normalized spacial score (nSPS) is 10.3. The number of benzene rings is 2. The van der Waals surface area contributed by atoms with Crippen molar-refractivity contribution in [3.63, 3.8) is 0 Å². The van der Waals surface area contributed by atoms with Gasteiger partial charge >= 0.3 is 5.97 Å². The van der Waals surface area contributed by atoms with Crippen LogP contribution in [0.1, 0.15) is 22.8 Å². The molecule has 0 amide bonds. The van der Waals surface area contributed by atoms with E-state index in [1.54, 1.807) is 13.0 Å². The van der Waals surface area contributed by atoms with E-state index >= 15 is 0 Å². The van der Waals surface area contributed by atoms with E-state index in [0.717, 1.165) is 16.7 Å². The third kappa shape index (κ3) is 3.15. The van der Waals surface area contributed by atoms with E-state index in [2.05, 4.69) is 0 Å². The average molecular weight is 275 g/mol. The van der Waals surface area contributed by atoms with Gasteiger partial charge in [0.1, 0.15) is 0 Å². The van der Waals surface area contributed by atoms with Crippen molar-refractivity contribution in [1.82, 2.24) is 0 Å². The number of hydrogen-bond donors (Lipinski definition) is 0. The molecule has 0 atom stereocenters. The topological polar surface area (TPSA) is 26.3 Å². The molecule has 0 heterocycles. The molecule has 0 bridgehead atoms. The molecule has 2 nitrogen and oxygen atoms in total. The van der Waals surface area contributed by atoms with Gasteiger partial charge in [0.25, 0.3) is 0 Å². The Balaban J connectivity index is 2.33. The maximum absolute atomic E-state index is 11.7. The summed E-state index contributed by atoms with van der Waals surface area (Å²) >= 11 is 5.87. The predicted octanol–water partition coefficient (Wildman–Crippen LogP) is 4.49. The van der Waals surface area contributed by atoms with Crippen molar-refractivity contribution in [2.24, 2.45) is 0 Å². The van der Waals surface area contributed by atoms with Crippen molar-refractivity contribution >= 4 is 17.6 Å². The van der Waals surface area contributed by atoms with Crippen molar-refractivity contribution in [1.29, 1.82) is 0 Å². The van der Waals surface area contributed by atoms with E-state index in [1.807, 2.05) is 43.3 Å². The first kappa shape index (κ1) is 13.6. The van der Waals surface area contributed by atoms with Gasteiger partial charge in [0, 0.05) is 5.02 Å². The van der Waals surface area contributed by atoms with Crippen LogP contribution in [0.25, 0.3) is 11.1 Å². The molecule has 2 rings (SSSR count). The van der Waals surface area contributed by atoms with E-state index in [0.29, 0.717) is 17.2 Å². The average Bonchev–Trinajstić information content (AvgIpc) is 2.39. The summed E-state index contributed by atoms with van der Waals surface area (Å²) in [6.45, 7) is 4.10. The standard InChI is InChI=1S/C16H15ClO2/c1-3-19-16(18)15-9-6-13(10-11(15)2)12-4-7-14(17)8-5-12/h4-10H,3H2,1-2H3.